The normalized spacial score (nSPS) is 16.8. The van der Waals surface area contributed by atoms with Gasteiger partial charge in [0.15, 0.2) is 0 Å². The molecule has 1 fully saturated rings. The number of nitrogens with one attached hydrogen (secondary N) is 1. The molecule has 2 aromatic rings. The lowest BCUT2D eigenvalue weighted by Crippen LogP contribution is -2.34. The van der Waals surface area contributed by atoms with Crippen LogP contribution < -0.4 is 10.2 Å². The molecule has 1 atom stereocenters. The Morgan fingerprint density at radius 1 is 1.33 bits per heavy atom. The number of carbonyl (C=O) groups is 1. The Morgan fingerprint density at radius 2 is 2.11 bits per heavy atom. The van der Waals surface area contributed by atoms with E-state index >= 15 is 0 Å². The highest BCUT2D eigenvalue weighted by Gasteiger charge is 2.26. The van der Waals surface area contributed by atoms with Crippen molar-refractivity contribution >= 4 is 11.7 Å². The largest absolute Gasteiger partial charge is 0.355 e. The number of hydrogen-bond donors (Lipinski definition) is 1. The summed E-state index contributed by atoms with van der Waals surface area (Å²) in [6.45, 7) is 9.53. The van der Waals surface area contributed by atoms with Gasteiger partial charge in [-0.15, -0.1) is 0 Å². The van der Waals surface area contributed by atoms with Crippen molar-refractivity contribution < 1.29 is 4.79 Å². The minimum Gasteiger partial charge on any atom is -0.355 e. The van der Waals surface area contributed by atoms with Crippen LogP contribution in [0.25, 0.3) is 0 Å². The zero-order valence-corrected chi connectivity index (χ0v) is 16.9. The molecule has 2 aromatic heterocycles. The van der Waals surface area contributed by atoms with Crippen LogP contribution >= 0.6 is 0 Å². The van der Waals surface area contributed by atoms with Crippen LogP contribution in [0.15, 0.2) is 12.4 Å². The number of aryl methyl sites for hydroxylation is 2. The summed E-state index contributed by atoms with van der Waals surface area (Å²) in [5.74, 6) is 2.02. The van der Waals surface area contributed by atoms with Crippen molar-refractivity contribution in [2.75, 3.05) is 32.1 Å². The summed E-state index contributed by atoms with van der Waals surface area (Å²) in [6.07, 6.45) is 4.89. The van der Waals surface area contributed by atoms with Crippen molar-refractivity contribution in [3.8, 4) is 0 Å². The van der Waals surface area contributed by atoms with Crippen LogP contribution in [-0.2, 0) is 13.1 Å². The molecule has 0 spiro atoms. The van der Waals surface area contributed by atoms with Crippen molar-refractivity contribution in [2.24, 2.45) is 0 Å². The Bertz CT molecular complexity index is 814. The van der Waals surface area contributed by atoms with Crippen molar-refractivity contribution in [3.05, 3.63) is 35.3 Å². The quantitative estimate of drug-likeness (QED) is 0.826. The third-order valence-electron chi connectivity index (χ3n) is 5.14. The van der Waals surface area contributed by atoms with Crippen LogP contribution in [0.1, 0.15) is 41.0 Å². The van der Waals surface area contributed by atoms with Gasteiger partial charge in [0.1, 0.15) is 11.6 Å². The zero-order valence-electron chi connectivity index (χ0n) is 16.9. The van der Waals surface area contributed by atoms with E-state index in [0.29, 0.717) is 6.04 Å². The van der Waals surface area contributed by atoms with Crippen LogP contribution in [0.4, 0.5) is 5.82 Å². The summed E-state index contributed by atoms with van der Waals surface area (Å²) in [5, 5.41) is 3.60. The second kappa shape index (κ2) is 8.04. The van der Waals surface area contributed by atoms with Gasteiger partial charge in [0.2, 0.25) is 5.82 Å². The number of amides is 1. The molecule has 1 saturated heterocycles. The van der Waals surface area contributed by atoms with Gasteiger partial charge in [0.25, 0.3) is 5.91 Å². The Kier molecular flexibility index (Phi) is 5.74. The Hall–Kier alpha value is -2.48. The highest BCUT2D eigenvalue weighted by Crippen LogP contribution is 2.24. The lowest BCUT2D eigenvalue weighted by molar-refractivity contribution is 0.0815. The van der Waals surface area contributed by atoms with E-state index < -0.39 is 0 Å². The summed E-state index contributed by atoms with van der Waals surface area (Å²) in [4.78, 5) is 29.4. The molecule has 1 amide bonds. The second-order valence-electron chi connectivity index (χ2n) is 7.22. The summed E-state index contributed by atoms with van der Waals surface area (Å²) in [6, 6.07) is 0.370. The SMILES string of the molecule is CCn1ccnc1CN[C@@H]1CCN(c2nc(C(=O)N(C)C)nc(C)c2C)C1. The van der Waals surface area contributed by atoms with Crippen LogP contribution in [-0.4, -0.2) is 63.6 Å². The van der Waals surface area contributed by atoms with Gasteiger partial charge in [-0.1, -0.05) is 0 Å². The van der Waals surface area contributed by atoms with Gasteiger partial charge < -0.3 is 19.7 Å². The smallest absolute Gasteiger partial charge is 0.291 e. The summed E-state index contributed by atoms with van der Waals surface area (Å²) in [7, 11) is 3.44. The van der Waals surface area contributed by atoms with Gasteiger partial charge in [0.05, 0.1) is 6.54 Å². The molecular weight excluding hydrogens is 342 g/mol. The van der Waals surface area contributed by atoms with Gasteiger partial charge in [-0.2, -0.15) is 0 Å². The zero-order chi connectivity index (χ0) is 19.6. The maximum Gasteiger partial charge on any atom is 0.291 e. The molecule has 27 heavy (non-hydrogen) atoms. The molecule has 3 rings (SSSR count). The topological polar surface area (TPSA) is 79.2 Å². The fraction of sp³-hybridized carbons (Fsp3) is 0.579. The van der Waals surface area contributed by atoms with Crippen LogP contribution in [0.2, 0.25) is 0 Å². The third-order valence-corrected chi connectivity index (χ3v) is 5.14. The molecule has 3 heterocycles. The van der Waals surface area contributed by atoms with E-state index in [2.05, 4.69) is 36.7 Å². The monoisotopic (exact) mass is 371 g/mol. The highest BCUT2D eigenvalue weighted by atomic mass is 16.2. The molecular formula is C19H29N7O. The van der Waals surface area contributed by atoms with Crippen molar-refractivity contribution in [1.82, 2.24) is 29.7 Å². The molecule has 0 aliphatic carbocycles. The number of aromatic nitrogens is 4. The van der Waals surface area contributed by atoms with E-state index in [1.54, 1.807) is 14.1 Å². The predicted octanol–water partition coefficient (Wildman–Crippen LogP) is 1.38. The van der Waals surface area contributed by atoms with Crippen LogP contribution in [0.5, 0.6) is 0 Å². The Balaban J connectivity index is 1.70. The van der Waals surface area contributed by atoms with E-state index in [4.69, 9.17) is 0 Å². The van der Waals surface area contributed by atoms with E-state index in [1.165, 1.54) is 4.90 Å². The average molecular weight is 371 g/mol. The van der Waals surface area contributed by atoms with Crippen molar-refractivity contribution in [1.29, 1.82) is 0 Å². The highest BCUT2D eigenvalue weighted by molar-refractivity contribution is 5.90. The molecule has 146 valence electrons. The number of hydrogen-bond acceptors (Lipinski definition) is 6. The van der Waals surface area contributed by atoms with E-state index in [0.717, 1.165) is 55.5 Å². The van der Waals surface area contributed by atoms with Gasteiger partial charge >= 0.3 is 0 Å². The second-order valence-corrected chi connectivity index (χ2v) is 7.22. The Labute approximate surface area is 160 Å². The number of imidazole rings is 1. The minimum absolute atomic E-state index is 0.167. The van der Waals surface area contributed by atoms with Gasteiger partial charge in [0, 0.05) is 63.4 Å². The van der Waals surface area contributed by atoms with E-state index in [1.807, 2.05) is 26.2 Å². The van der Waals surface area contributed by atoms with Crippen LogP contribution in [0, 0.1) is 13.8 Å². The lowest BCUT2D eigenvalue weighted by Gasteiger charge is -2.22. The number of anilines is 1. The molecule has 8 heteroatoms. The molecule has 1 N–H and O–H groups in total. The maximum absolute atomic E-state index is 12.3. The van der Waals surface area contributed by atoms with Gasteiger partial charge in [-0.3, -0.25) is 4.79 Å². The standard InChI is InChI=1S/C19H29N7O/c1-6-25-10-8-20-16(25)11-21-15-7-9-26(12-15)18-13(2)14(3)22-17(23-18)19(27)24(4)5/h8,10,15,21H,6-7,9,11-12H2,1-5H3/t15-/m1/s1. The molecule has 0 bridgehead atoms. The maximum atomic E-state index is 12.3. The molecule has 0 radical (unpaired) electrons. The number of rotatable bonds is 6. The third kappa shape index (κ3) is 4.10. The van der Waals surface area contributed by atoms with Gasteiger partial charge in [-0.25, -0.2) is 15.0 Å². The molecule has 0 aromatic carbocycles. The lowest BCUT2D eigenvalue weighted by atomic mass is 10.2. The Morgan fingerprint density at radius 3 is 2.81 bits per heavy atom. The first-order valence-corrected chi connectivity index (χ1v) is 9.46. The molecule has 8 nitrogen and oxygen atoms in total. The summed E-state index contributed by atoms with van der Waals surface area (Å²) < 4.78 is 2.15. The van der Waals surface area contributed by atoms with E-state index in [9.17, 15) is 4.79 Å². The van der Waals surface area contributed by atoms with Crippen molar-refractivity contribution in [3.63, 3.8) is 0 Å². The molecule has 1 aliphatic rings. The van der Waals surface area contributed by atoms with E-state index in [-0.39, 0.29) is 11.7 Å². The average Bonchev–Trinajstić information content (AvgIpc) is 3.30. The first-order valence-electron chi connectivity index (χ1n) is 9.46. The predicted molar refractivity (Wildman–Crippen MR) is 105 cm³/mol. The fourth-order valence-corrected chi connectivity index (χ4v) is 3.37. The van der Waals surface area contributed by atoms with Crippen molar-refractivity contribution in [2.45, 2.75) is 46.3 Å². The molecule has 0 unspecified atom stereocenters. The van der Waals surface area contributed by atoms with Gasteiger partial charge in [-0.05, 0) is 27.2 Å². The molecule has 0 saturated carbocycles. The number of nitrogens with zero attached hydrogens (tertiary/aromatic N) is 6. The first kappa shape index (κ1) is 19.3. The summed E-state index contributed by atoms with van der Waals surface area (Å²) >= 11 is 0. The summed E-state index contributed by atoms with van der Waals surface area (Å²) in [5.41, 5.74) is 1.89. The minimum atomic E-state index is -0.167. The molecule has 1 aliphatic heterocycles. The number of carbonyl (C=O) groups excluding carboxylic acids is 1. The first-order chi connectivity index (χ1) is 12.9. The fourth-order valence-electron chi connectivity index (χ4n) is 3.37. The van der Waals surface area contributed by atoms with Crippen LogP contribution in [0.3, 0.4) is 0 Å².